The van der Waals surface area contributed by atoms with Gasteiger partial charge >= 0.3 is 0 Å². The molecule has 230 valence electrons. The second kappa shape index (κ2) is 21.6. The van der Waals surface area contributed by atoms with Crippen LogP contribution in [0.5, 0.6) is 0 Å². The average molecular weight is 611 g/mol. The summed E-state index contributed by atoms with van der Waals surface area (Å²) in [5.41, 5.74) is 0. The Morgan fingerprint density at radius 1 is 0.526 bits per heavy atom. The Balaban J connectivity index is 5.01. The van der Waals surface area contributed by atoms with Crippen molar-refractivity contribution >= 4 is 40.6 Å². The fourth-order valence-electron chi connectivity index (χ4n) is 5.57. The zero-order valence-corrected chi connectivity index (χ0v) is 31.9. The number of nitrogens with zero attached hydrogens (tertiary/aromatic N) is 4. The lowest BCUT2D eigenvalue weighted by molar-refractivity contribution is -0.234. The van der Waals surface area contributed by atoms with Crippen LogP contribution in [0.25, 0.3) is 0 Å². The molecule has 6 nitrogen and oxygen atoms in total. The first-order chi connectivity index (χ1) is 18.1. The van der Waals surface area contributed by atoms with Gasteiger partial charge in [-0.05, 0) is 79.0 Å². The average Bonchev–Trinajstić information content (AvgIpc) is 2.91. The van der Waals surface area contributed by atoms with E-state index in [9.17, 15) is 0 Å². The van der Waals surface area contributed by atoms with E-state index in [0.29, 0.717) is 0 Å². The van der Waals surface area contributed by atoms with Crippen LogP contribution in [0.15, 0.2) is 0 Å². The predicted molar refractivity (Wildman–Crippen MR) is 181 cm³/mol. The van der Waals surface area contributed by atoms with Crippen molar-refractivity contribution in [3.05, 3.63) is 0 Å². The van der Waals surface area contributed by atoms with E-state index in [4.69, 9.17) is 9.47 Å². The minimum absolute atomic E-state index is 0.117. The maximum absolute atomic E-state index is 6.70. The van der Waals surface area contributed by atoms with Crippen molar-refractivity contribution in [3.63, 3.8) is 0 Å². The number of ether oxygens (including phenoxy) is 2. The summed E-state index contributed by atoms with van der Waals surface area (Å²) in [4.78, 5) is 11.4. The molecular formula is C28H66N4O2S2Si2. The smallest absolute Gasteiger partial charge is 0.176 e. The van der Waals surface area contributed by atoms with Gasteiger partial charge in [0, 0.05) is 28.8 Å². The lowest BCUT2D eigenvalue weighted by Gasteiger charge is -2.47. The summed E-state index contributed by atoms with van der Waals surface area (Å²) in [5.74, 6) is -0.632. The molecule has 0 spiro atoms. The highest BCUT2D eigenvalue weighted by Crippen LogP contribution is 2.34. The molecule has 10 heteroatoms. The summed E-state index contributed by atoms with van der Waals surface area (Å²) in [7, 11) is 4.09. The van der Waals surface area contributed by atoms with Crippen LogP contribution >= 0.6 is 21.6 Å². The van der Waals surface area contributed by atoms with Crippen molar-refractivity contribution in [3.8, 4) is 0 Å². The lowest BCUT2D eigenvalue weighted by Crippen LogP contribution is -2.60. The Morgan fingerprint density at radius 3 is 0.947 bits per heavy atom. The molecule has 0 bridgehead atoms. The van der Waals surface area contributed by atoms with Crippen LogP contribution in [-0.4, -0.2) is 126 Å². The van der Waals surface area contributed by atoms with E-state index in [1.165, 1.54) is 0 Å². The van der Waals surface area contributed by atoms with Crippen LogP contribution in [0.4, 0.5) is 0 Å². The quantitative estimate of drug-likeness (QED) is 0.0813. The van der Waals surface area contributed by atoms with Crippen molar-refractivity contribution in [2.45, 2.75) is 117 Å². The second-order valence-corrected chi connectivity index (χ2v) is 17.7. The molecule has 0 amide bonds. The highest BCUT2D eigenvalue weighted by molar-refractivity contribution is 8.77. The third-order valence-corrected chi connectivity index (χ3v) is 18.5. The Kier molecular flexibility index (Phi) is 22.1. The number of hydrogen-bond donors (Lipinski definition) is 0. The van der Waals surface area contributed by atoms with E-state index in [1.807, 2.05) is 0 Å². The van der Waals surface area contributed by atoms with Gasteiger partial charge in [-0.3, -0.25) is 19.6 Å². The molecular weight excluding hydrogens is 545 g/mol. The second-order valence-electron chi connectivity index (χ2n) is 10.1. The minimum atomic E-state index is -0.316. The van der Waals surface area contributed by atoms with Gasteiger partial charge in [-0.25, -0.2) is 0 Å². The standard InChI is InChI=1S/C28H66N4O2S2Si2/c1-13-29(14-2)27(9,30(15-3)16-4)33-23-21-25(37-11)35-36-26(38-12)22-24-34-28(10,31(17-5)18-6)32(19-7)20-8/h25-26H,13-24,37-38H2,1-12H3. The molecule has 0 saturated heterocycles. The molecule has 0 aromatic rings. The van der Waals surface area contributed by atoms with E-state index < -0.39 is 0 Å². The highest BCUT2D eigenvalue weighted by atomic mass is 33.1. The molecule has 0 fully saturated rings. The van der Waals surface area contributed by atoms with Crippen LogP contribution < -0.4 is 0 Å². The molecule has 0 aromatic heterocycles. The Morgan fingerprint density at radius 2 is 0.763 bits per heavy atom. The van der Waals surface area contributed by atoms with Gasteiger partial charge in [-0.15, -0.1) is 0 Å². The normalized spacial score (nSPS) is 15.5. The van der Waals surface area contributed by atoms with Gasteiger partial charge in [0.2, 0.25) is 0 Å². The molecule has 0 aliphatic carbocycles. The summed E-state index contributed by atoms with van der Waals surface area (Å²) in [6, 6.07) is 0. The van der Waals surface area contributed by atoms with Gasteiger partial charge in [0.25, 0.3) is 0 Å². The third kappa shape index (κ3) is 11.6. The molecule has 38 heavy (non-hydrogen) atoms. The van der Waals surface area contributed by atoms with Crippen molar-refractivity contribution in [1.29, 1.82) is 0 Å². The Hall–Kier alpha value is 0.894. The minimum Gasteiger partial charge on any atom is -0.347 e. The first-order valence-electron chi connectivity index (χ1n) is 15.8. The van der Waals surface area contributed by atoms with E-state index in [1.54, 1.807) is 0 Å². The van der Waals surface area contributed by atoms with Crippen LogP contribution in [0.1, 0.15) is 82.1 Å². The fourth-order valence-corrected chi connectivity index (χ4v) is 13.9. The van der Waals surface area contributed by atoms with Gasteiger partial charge < -0.3 is 9.47 Å². The predicted octanol–water partition coefficient (Wildman–Crippen LogP) is 4.98. The molecule has 0 heterocycles. The topological polar surface area (TPSA) is 31.4 Å². The largest absolute Gasteiger partial charge is 0.347 e. The monoisotopic (exact) mass is 610 g/mol. The van der Waals surface area contributed by atoms with Gasteiger partial charge in [0.1, 0.15) is 0 Å². The molecule has 2 unspecified atom stereocenters. The summed E-state index contributed by atoms with van der Waals surface area (Å²) in [5, 5.41) is 0. The summed E-state index contributed by atoms with van der Waals surface area (Å²) in [6.07, 6.45) is 2.32. The van der Waals surface area contributed by atoms with E-state index in [-0.39, 0.29) is 30.7 Å². The highest BCUT2D eigenvalue weighted by Gasteiger charge is 2.37. The van der Waals surface area contributed by atoms with Crippen molar-refractivity contribution in [2.24, 2.45) is 0 Å². The van der Waals surface area contributed by atoms with Gasteiger partial charge in [0.05, 0.1) is 13.2 Å². The molecule has 0 aromatic carbocycles. The van der Waals surface area contributed by atoms with Gasteiger partial charge in [-0.2, -0.15) is 0 Å². The Labute approximate surface area is 251 Å². The maximum atomic E-state index is 6.70. The van der Waals surface area contributed by atoms with E-state index in [0.717, 1.165) is 88.2 Å². The zero-order chi connectivity index (χ0) is 29.2. The van der Waals surface area contributed by atoms with E-state index >= 15 is 0 Å². The summed E-state index contributed by atoms with van der Waals surface area (Å²) < 4.78 is 13.4. The van der Waals surface area contributed by atoms with Crippen LogP contribution in [0.3, 0.4) is 0 Å². The van der Waals surface area contributed by atoms with Gasteiger partial charge in [0.15, 0.2) is 11.7 Å². The lowest BCUT2D eigenvalue weighted by atomic mass is 10.3. The molecule has 2 atom stereocenters. The first kappa shape index (κ1) is 38.9. The number of rotatable bonds is 25. The van der Waals surface area contributed by atoms with Crippen molar-refractivity contribution < 1.29 is 9.47 Å². The summed E-state index contributed by atoms with van der Waals surface area (Å²) in [6.45, 7) is 37.2. The van der Waals surface area contributed by atoms with E-state index in [2.05, 4.69) is 124 Å². The van der Waals surface area contributed by atoms with Crippen LogP contribution in [0.2, 0.25) is 13.1 Å². The van der Waals surface area contributed by atoms with Crippen molar-refractivity contribution in [2.75, 3.05) is 65.6 Å². The molecule has 0 aliphatic rings. The van der Waals surface area contributed by atoms with Gasteiger partial charge in [-0.1, -0.05) is 90.1 Å². The number of hydrogen-bond acceptors (Lipinski definition) is 8. The molecule has 0 aliphatic heterocycles. The van der Waals surface area contributed by atoms with Crippen molar-refractivity contribution in [1.82, 2.24) is 19.6 Å². The molecule has 0 saturated carbocycles. The zero-order valence-electron chi connectivity index (χ0n) is 27.5. The Bertz CT molecular complexity index is 495. The van der Waals surface area contributed by atoms with Crippen LogP contribution in [0, 0.1) is 0 Å². The molecule has 0 N–H and O–H groups in total. The maximum Gasteiger partial charge on any atom is 0.176 e. The molecule has 0 radical (unpaired) electrons. The third-order valence-electron chi connectivity index (χ3n) is 8.27. The fraction of sp³-hybridized carbons (Fsp3) is 1.00. The summed E-state index contributed by atoms with van der Waals surface area (Å²) >= 11 is 0. The first-order valence-corrected chi connectivity index (χ1v) is 22.5. The SMILES string of the molecule is CCN(CC)C(C)(OCCC([SiH2]C)SSC(CCOC(C)(N(CC)CC)N(CC)CC)[SiH2]C)N(CC)CC. The molecule has 0 rings (SSSR count). The van der Waals surface area contributed by atoms with Crippen LogP contribution in [-0.2, 0) is 9.47 Å².